The zero-order valence-corrected chi connectivity index (χ0v) is 13.8. The smallest absolute Gasteiger partial charge is 0.327 e. The lowest BCUT2D eigenvalue weighted by molar-refractivity contribution is -0.140. The number of carbonyl (C=O) groups excluding carboxylic acids is 4. The van der Waals surface area contributed by atoms with Crippen molar-refractivity contribution in [3.05, 3.63) is 33.8 Å². The van der Waals surface area contributed by atoms with E-state index in [0.717, 1.165) is 12.8 Å². The van der Waals surface area contributed by atoms with E-state index >= 15 is 0 Å². The number of amides is 4. The minimum atomic E-state index is -0.984. The Hall–Kier alpha value is -2.32. The van der Waals surface area contributed by atoms with E-state index in [1.807, 2.05) is 10.9 Å². The van der Waals surface area contributed by atoms with Crippen LogP contribution < -0.4 is 21.5 Å². The molecule has 0 saturated heterocycles. The zero-order chi connectivity index (χ0) is 17.7. The third-order valence-corrected chi connectivity index (χ3v) is 3.57. The van der Waals surface area contributed by atoms with Gasteiger partial charge in [0, 0.05) is 11.1 Å². The number of carbonyl (C=O) groups is 4. The van der Waals surface area contributed by atoms with E-state index in [0.29, 0.717) is 5.02 Å². The Bertz CT molecular complexity index is 691. The highest BCUT2D eigenvalue weighted by Gasteiger charge is 2.26. The van der Waals surface area contributed by atoms with E-state index in [9.17, 15) is 19.2 Å². The molecule has 2 rings (SSSR count). The molecule has 1 aromatic carbocycles. The highest BCUT2D eigenvalue weighted by Crippen LogP contribution is 2.20. The number of hydrazine groups is 1. The summed E-state index contributed by atoms with van der Waals surface area (Å²) in [5.74, 6) is -3.09. The maximum Gasteiger partial charge on any atom is 0.327 e. The van der Waals surface area contributed by atoms with Crippen LogP contribution in [-0.4, -0.2) is 36.2 Å². The first-order chi connectivity index (χ1) is 11.4. The lowest BCUT2D eigenvalue weighted by Crippen LogP contribution is -2.51. The minimum Gasteiger partial charge on any atom is -0.345 e. The van der Waals surface area contributed by atoms with Crippen LogP contribution in [-0.2, 0) is 14.4 Å². The molecule has 0 bridgehead atoms. The van der Waals surface area contributed by atoms with Gasteiger partial charge in [-0.25, -0.2) is 0 Å². The molecule has 1 aromatic rings. The van der Waals surface area contributed by atoms with Crippen molar-refractivity contribution < 1.29 is 19.2 Å². The highest BCUT2D eigenvalue weighted by atomic mass is 35.5. The monoisotopic (exact) mass is 372 g/mol. The summed E-state index contributed by atoms with van der Waals surface area (Å²) < 4.78 is 0. The van der Waals surface area contributed by atoms with Crippen molar-refractivity contribution in [1.82, 2.24) is 21.5 Å². The fourth-order valence-corrected chi connectivity index (χ4v) is 2.13. The standard InChI is InChI=1S/C14H14Cl2N4O4/c15-7-1-4-9(10(16)5-7)12(22)17-6-11(21)19-20-14(24)13(23)18-8-2-3-8/h1,4-5,8H,2-3,6H2,(H,17,22)(H,18,23)(H,19,21)(H,20,24). The molecule has 8 nitrogen and oxygen atoms in total. The van der Waals surface area contributed by atoms with Crippen molar-refractivity contribution in [2.75, 3.05) is 6.54 Å². The molecule has 0 radical (unpaired) electrons. The molecule has 1 aliphatic rings. The summed E-state index contributed by atoms with van der Waals surface area (Å²) >= 11 is 11.6. The summed E-state index contributed by atoms with van der Waals surface area (Å²) in [5.41, 5.74) is 4.13. The first-order valence-corrected chi connectivity index (χ1v) is 7.75. The van der Waals surface area contributed by atoms with E-state index < -0.39 is 30.2 Å². The molecular formula is C14H14Cl2N4O4. The largest absolute Gasteiger partial charge is 0.345 e. The van der Waals surface area contributed by atoms with Gasteiger partial charge in [-0.3, -0.25) is 30.0 Å². The third kappa shape index (κ3) is 5.39. The van der Waals surface area contributed by atoms with Crippen molar-refractivity contribution in [2.45, 2.75) is 18.9 Å². The summed E-state index contributed by atoms with van der Waals surface area (Å²) in [5, 5.41) is 5.31. The van der Waals surface area contributed by atoms with Crippen molar-refractivity contribution in [2.24, 2.45) is 0 Å². The van der Waals surface area contributed by atoms with Crippen LogP contribution in [0.2, 0.25) is 10.0 Å². The van der Waals surface area contributed by atoms with Gasteiger partial charge < -0.3 is 10.6 Å². The Morgan fingerprint density at radius 3 is 2.38 bits per heavy atom. The van der Waals surface area contributed by atoms with Crippen LogP contribution >= 0.6 is 23.2 Å². The SMILES string of the molecule is O=C(CNC(=O)c1ccc(Cl)cc1Cl)NNC(=O)C(=O)NC1CC1. The van der Waals surface area contributed by atoms with E-state index in [4.69, 9.17) is 23.2 Å². The summed E-state index contributed by atoms with van der Waals surface area (Å²) in [6, 6.07) is 4.34. The summed E-state index contributed by atoms with van der Waals surface area (Å²) in [7, 11) is 0. The number of nitrogens with one attached hydrogen (secondary N) is 4. The predicted molar refractivity (Wildman–Crippen MR) is 86.2 cm³/mol. The van der Waals surface area contributed by atoms with Gasteiger partial charge in [-0.2, -0.15) is 0 Å². The Morgan fingerprint density at radius 2 is 1.75 bits per heavy atom. The minimum absolute atomic E-state index is 0.0300. The van der Waals surface area contributed by atoms with Crippen LogP contribution in [0.25, 0.3) is 0 Å². The van der Waals surface area contributed by atoms with Gasteiger partial charge in [0.25, 0.3) is 11.8 Å². The van der Waals surface area contributed by atoms with E-state index in [-0.39, 0.29) is 16.6 Å². The maximum atomic E-state index is 11.9. The van der Waals surface area contributed by atoms with Crippen LogP contribution in [0.1, 0.15) is 23.2 Å². The van der Waals surface area contributed by atoms with Crippen LogP contribution in [0, 0.1) is 0 Å². The van der Waals surface area contributed by atoms with Gasteiger partial charge in [0.15, 0.2) is 0 Å². The number of halogens is 2. The molecule has 128 valence electrons. The molecule has 0 unspecified atom stereocenters. The topological polar surface area (TPSA) is 116 Å². The second kappa shape index (κ2) is 7.98. The Kier molecular flexibility index (Phi) is 5.99. The number of rotatable bonds is 4. The first-order valence-electron chi connectivity index (χ1n) is 6.99. The number of hydrogen-bond donors (Lipinski definition) is 4. The molecule has 0 heterocycles. The van der Waals surface area contributed by atoms with Gasteiger partial charge in [-0.15, -0.1) is 0 Å². The second-order valence-electron chi connectivity index (χ2n) is 5.06. The summed E-state index contributed by atoms with van der Waals surface area (Å²) in [6.45, 7) is -0.414. The molecule has 4 amide bonds. The van der Waals surface area contributed by atoms with E-state index in [2.05, 4.69) is 10.6 Å². The second-order valence-corrected chi connectivity index (χ2v) is 5.90. The molecule has 1 aliphatic carbocycles. The van der Waals surface area contributed by atoms with Gasteiger partial charge in [-0.05, 0) is 31.0 Å². The van der Waals surface area contributed by atoms with E-state index in [1.54, 1.807) is 0 Å². The van der Waals surface area contributed by atoms with Crippen molar-refractivity contribution in [1.29, 1.82) is 0 Å². The normalized spacial score (nSPS) is 12.9. The Balaban J connectivity index is 1.73. The molecular weight excluding hydrogens is 359 g/mol. The summed E-state index contributed by atoms with van der Waals surface area (Å²) in [6.07, 6.45) is 1.68. The quantitative estimate of drug-likeness (QED) is 0.444. The lowest BCUT2D eigenvalue weighted by atomic mass is 10.2. The van der Waals surface area contributed by atoms with Crippen LogP contribution in [0.3, 0.4) is 0 Å². The first kappa shape index (κ1) is 18.0. The fourth-order valence-electron chi connectivity index (χ4n) is 1.64. The van der Waals surface area contributed by atoms with Crippen LogP contribution in [0.15, 0.2) is 18.2 Å². The summed E-state index contributed by atoms with van der Waals surface area (Å²) in [4.78, 5) is 46.2. The van der Waals surface area contributed by atoms with Gasteiger partial charge in [0.2, 0.25) is 0 Å². The Labute approximate surface area is 147 Å². The average molecular weight is 373 g/mol. The molecule has 0 aromatic heterocycles. The number of hydrogen-bond acceptors (Lipinski definition) is 4. The average Bonchev–Trinajstić information content (AvgIpc) is 3.34. The number of benzene rings is 1. The molecule has 0 aliphatic heterocycles. The van der Waals surface area contributed by atoms with Crippen molar-refractivity contribution >= 4 is 46.8 Å². The van der Waals surface area contributed by atoms with Crippen LogP contribution in [0.4, 0.5) is 0 Å². The third-order valence-electron chi connectivity index (χ3n) is 3.02. The van der Waals surface area contributed by atoms with Crippen molar-refractivity contribution in [3.8, 4) is 0 Å². The van der Waals surface area contributed by atoms with Gasteiger partial charge in [0.05, 0.1) is 17.1 Å². The van der Waals surface area contributed by atoms with Crippen molar-refractivity contribution in [3.63, 3.8) is 0 Å². The van der Waals surface area contributed by atoms with Gasteiger partial charge in [-0.1, -0.05) is 23.2 Å². The van der Waals surface area contributed by atoms with E-state index in [1.165, 1.54) is 18.2 Å². The van der Waals surface area contributed by atoms with Gasteiger partial charge in [0.1, 0.15) is 0 Å². The molecule has 0 atom stereocenters. The molecule has 1 saturated carbocycles. The van der Waals surface area contributed by atoms with Crippen LogP contribution in [0.5, 0.6) is 0 Å². The molecule has 10 heteroatoms. The fraction of sp³-hybridized carbons (Fsp3) is 0.286. The molecule has 4 N–H and O–H groups in total. The molecule has 24 heavy (non-hydrogen) atoms. The predicted octanol–water partition coefficient (Wildman–Crippen LogP) is 0.149. The Morgan fingerprint density at radius 1 is 1.04 bits per heavy atom. The van der Waals surface area contributed by atoms with Gasteiger partial charge >= 0.3 is 11.8 Å². The maximum absolute atomic E-state index is 11.9. The lowest BCUT2D eigenvalue weighted by Gasteiger charge is -2.09. The molecule has 1 fully saturated rings. The zero-order valence-electron chi connectivity index (χ0n) is 12.3. The highest BCUT2D eigenvalue weighted by molar-refractivity contribution is 6.37. The molecule has 0 spiro atoms.